The highest BCUT2D eigenvalue weighted by atomic mass is 35.5. The maximum atomic E-state index is 12.6. The van der Waals surface area contributed by atoms with Crippen molar-refractivity contribution in [2.75, 3.05) is 11.5 Å². The van der Waals surface area contributed by atoms with Crippen LogP contribution in [0.25, 0.3) is 21.7 Å². The lowest BCUT2D eigenvalue weighted by Crippen LogP contribution is -2.04. The Morgan fingerprint density at radius 2 is 1.84 bits per heavy atom. The van der Waals surface area contributed by atoms with Gasteiger partial charge in [-0.2, -0.15) is 5.26 Å². The Balaban J connectivity index is 1.56. The fourth-order valence-electron chi connectivity index (χ4n) is 3.20. The molecule has 0 aliphatic rings. The molecule has 4 rings (SSSR count). The molecule has 1 unspecified atom stereocenters. The lowest BCUT2D eigenvalue weighted by atomic mass is 10.0. The predicted molar refractivity (Wildman–Crippen MR) is 137 cm³/mol. The molecule has 0 N–H and O–H groups in total. The first-order valence-corrected chi connectivity index (χ1v) is 13.6. The first-order valence-electron chi connectivity index (χ1n) is 9.90. The molecular formula is C25H19ClN2OS3. The fourth-order valence-corrected chi connectivity index (χ4v) is 6.45. The monoisotopic (exact) mass is 494 g/mol. The summed E-state index contributed by atoms with van der Waals surface area (Å²) in [5, 5.41) is 13.3. The highest BCUT2D eigenvalue weighted by Gasteiger charge is 2.16. The van der Waals surface area contributed by atoms with E-state index in [-0.39, 0.29) is 0 Å². The standard InChI is InChI=1S/C25H19ClN2OS3/c26-20-10-8-18(9-11-20)17-32(29)14-13-31-25-22(16-27)21(19-5-2-1-3-6-19)15-23(28-25)24-7-4-12-30-24/h1-12,15H,13-14,17H2. The Hall–Kier alpha value is -2.43. The molecule has 1 atom stereocenters. The second-order valence-corrected chi connectivity index (χ2v) is 11.0. The number of rotatable bonds is 8. The molecule has 7 heteroatoms. The number of nitrogens with zero attached hydrogens (tertiary/aromatic N) is 2. The van der Waals surface area contributed by atoms with Crippen LogP contribution in [0.5, 0.6) is 0 Å². The van der Waals surface area contributed by atoms with Crippen molar-refractivity contribution >= 4 is 45.5 Å². The molecule has 0 bridgehead atoms. The van der Waals surface area contributed by atoms with Crippen molar-refractivity contribution in [2.45, 2.75) is 10.8 Å². The Labute approximate surface area is 203 Å². The van der Waals surface area contributed by atoms with Crippen LogP contribution in [0, 0.1) is 11.3 Å². The first-order chi connectivity index (χ1) is 15.6. The number of benzene rings is 2. The Bertz CT molecular complexity index is 1250. The average Bonchev–Trinajstić information content (AvgIpc) is 3.36. The van der Waals surface area contributed by atoms with Gasteiger partial charge in [0.25, 0.3) is 0 Å². The van der Waals surface area contributed by atoms with Crippen LogP contribution in [0.15, 0.2) is 83.2 Å². The van der Waals surface area contributed by atoms with E-state index in [1.807, 2.05) is 78.2 Å². The van der Waals surface area contributed by atoms with Crippen molar-refractivity contribution in [3.8, 4) is 27.8 Å². The molecule has 0 amide bonds. The van der Waals surface area contributed by atoms with Crippen molar-refractivity contribution in [1.29, 1.82) is 5.26 Å². The smallest absolute Gasteiger partial charge is 0.115 e. The minimum absolute atomic E-state index is 0.487. The summed E-state index contributed by atoms with van der Waals surface area (Å²) in [4.78, 5) is 5.86. The summed E-state index contributed by atoms with van der Waals surface area (Å²) in [6.07, 6.45) is 0. The van der Waals surface area contributed by atoms with Gasteiger partial charge in [0.15, 0.2) is 0 Å². The number of pyridine rings is 1. The molecule has 0 radical (unpaired) electrons. The second kappa shape index (κ2) is 10.9. The van der Waals surface area contributed by atoms with E-state index in [9.17, 15) is 9.47 Å². The van der Waals surface area contributed by atoms with Crippen LogP contribution in [0.3, 0.4) is 0 Å². The number of thioether (sulfide) groups is 1. The molecule has 2 aromatic carbocycles. The fraction of sp³-hybridized carbons (Fsp3) is 0.120. The van der Waals surface area contributed by atoms with Gasteiger partial charge in [-0.3, -0.25) is 4.21 Å². The average molecular weight is 495 g/mol. The SMILES string of the molecule is N#Cc1c(-c2ccccc2)cc(-c2cccs2)nc1SCCS(=O)Cc1ccc(Cl)cc1. The number of halogens is 1. The summed E-state index contributed by atoms with van der Waals surface area (Å²) in [6.45, 7) is 0. The van der Waals surface area contributed by atoms with E-state index in [0.717, 1.165) is 27.3 Å². The van der Waals surface area contributed by atoms with Crippen LogP contribution in [0.4, 0.5) is 0 Å². The minimum Gasteiger partial charge on any atom is -0.259 e. The summed E-state index contributed by atoms with van der Waals surface area (Å²) < 4.78 is 12.6. The summed E-state index contributed by atoms with van der Waals surface area (Å²) >= 11 is 9.03. The normalized spacial score (nSPS) is 11.8. The van der Waals surface area contributed by atoms with Gasteiger partial charge >= 0.3 is 0 Å². The van der Waals surface area contributed by atoms with Gasteiger partial charge in [-0.25, -0.2) is 4.98 Å². The van der Waals surface area contributed by atoms with E-state index < -0.39 is 10.8 Å². The van der Waals surface area contributed by atoms with Crippen LogP contribution in [-0.2, 0) is 16.6 Å². The summed E-state index contributed by atoms with van der Waals surface area (Å²) in [5.74, 6) is 1.62. The predicted octanol–water partition coefficient (Wildman–Crippen LogP) is 7.04. The topological polar surface area (TPSA) is 53.8 Å². The van der Waals surface area contributed by atoms with Crippen LogP contribution >= 0.6 is 34.7 Å². The highest BCUT2D eigenvalue weighted by molar-refractivity contribution is 8.00. The van der Waals surface area contributed by atoms with E-state index in [1.165, 1.54) is 11.8 Å². The Kier molecular flexibility index (Phi) is 7.77. The third-order valence-corrected chi connectivity index (χ3v) is 8.44. The Morgan fingerprint density at radius 3 is 2.53 bits per heavy atom. The molecule has 0 saturated heterocycles. The van der Waals surface area contributed by atoms with E-state index in [0.29, 0.717) is 32.9 Å². The van der Waals surface area contributed by atoms with Crippen molar-refractivity contribution in [2.24, 2.45) is 0 Å². The van der Waals surface area contributed by atoms with Crippen LogP contribution in [-0.4, -0.2) is 20.7 Å². The summed E-state index contributed by atoms with van der Waals surface area (Å²) in [7, 11) is -1.01. The third-order valence-electron chi connectivity index (χ3n) is 4.75. The van der Waals surface area contributed by atoms with Crippen LogP contribution in [0.2, 0.25) is 5.02 Å². The lowest BCUT2D eigenvalue weighted by Gasteiger charge is -2.12. The van der Waals surface area contributed by atoms with E-state index >= 15 is 0 Å². The molecule has 3 nitrogen and oxygen atoms in total. The van der Waals surface area contributed by atoms with Crippen molar-refractivity contribution in [3.05, 3.63) is 94.3 Å². The van der Waals surface area contributed by atoms with Gasteiger partial charge in [0.1, 0.15) is 11.1 Å². The Morgan fingerprint density at radius 1 is 1.06 bits per heavy atom. The minimum atomic E-state index is -1.01. The largest absolute Gasteiger partial charge is 0.259 e. The van der Waals surface area contributed by atoms with Crippen LogP contribution < -0.4 is 0 Å². The maximum Gasteiger partial charge on any atom is 0.115 e. The molecule has 0 aliphatic heterocycles. The van der Waals surface area contributed by atoms with Gasteiger partial charge in [0.2, 0.25) is 0 Å². The van der Waals surface area contributed by atoms with Gasteiger partial charge in [0.05, 0.1) is 16.1 Å². The lowest BCUT2D eigenvalue weighted by molar-refractivity contribution is 0.683. The number of hydrogen-bond donors (Lipinski definition) is 0. The number of hydrogen-bond acceptors (Lipinski definition) is 5. The molecule has 0 spiro atoms. The first kappa shape index (κ1) is 22.8. The van der Waals surface area contributed by atoms with Gasteiger partial charge in [0, 0.05) is 38.6 Å². The zero-order valence-electron chi connectivity index (χ0n) is 17.0. The molecule has 0 fully saturated rings. The van der Waals surface area contributed by atoms with Crippen molar-refractivity contribution < 1.29 is 4.21 Å². The molecule has 4 aromatic rings. The zero-order chi connectivity index (χ0) is 22.3. The number of nitriles is 1. The third kappa shape index (κ3) is 5.67. The molecular weight excluding hydrogens is 476 g/mol. The van der Waals surface area contributed by atoms with E-state index in [2.05, 4.69) is 6.07 Å². The quantitative estimate of drug-likeness (QED) is 0.246. The molecule has 2 heterocycles. The number of thiophene rings is 1. The van der Waals surface area contributed by atoms with E-state index in [1.54, 1.807) is 11.3 Å². The zero-order valence-corrected chi connectivity index (χ0v) is 20.2. The molecule has 2 aromatic heterocycles. The molecule has 32 heavy (non-hydrogen) atoms. The summed E-state index contributed by atoms with van der Waals surface area (Å²) in [5.41, 5.74) is 4.26. The van der Waals surface area contributed by atoms with Gasteiger partial charge in [-0.05, 0) is 40.8 Å². The van der Waals surface area contributed by atoms with E-state index in [4.69, 9.17) is 16.6 Å². The molecule has 160 valence electrons. The van der Waals surface area contributed by atoms with Crippen LogP contribution in [0.1, 0.15) is 11.1 Å². The molecule has 0 saturated carbocycles. The second-order valence-electron chi connectivity index (χ2n) is 6.95. The van der Waals surface area contributed by atoms with Crippen molar-refractivity contribution in [1.82, 2.24) is 4.98 Å². The maximum absolute atomic E-state index is 12.6. The summed E-state index contributed by atoms with van der Waals surface area (Å²) in [6, 6.07) is 25.7. The van der Waals surface area contributed by atoms with Gasteiger partial charge < -0.3 is 0 Å². The van der Waals surface area contributed by atoms with Gasteiger partial charge in [-0.15, -0.1) is 23.1 Å². The number of aromatic nitrogens is 1. The van der Waals surface area contributed by atoms with Gasteiger partial charge in [-0.1, -0.05) is 60.1 Å². The molecule has 0 aliphatic carbocycles. The highest BCUT2D eigenvalue weighted by Crippen LogP contribution is 2.35. The van der Waals surface area contributed by atoms with Crippen molar-refractivity contribution in [3.63, 3.8) is 0 Å².